The number of carbonyl (C=O) groups is 1. The summed E-state index contributed by atoms with van der Waals surface area (Å²) < 4.78 is 0. The molecular formula is C14H29N3O. The van der Waals surface area contributed by atoms with Crippen LogP contribution < -0.4 is 11.1 Å². The van der Waals surface area contributed by atoms with Crippen LogP contribution in [0.4, 0.5) is 4.79 Å². The summed E-state index contributed by atoms with van der Waals surface area (Å²) in [5.74, 6) is 0. The number of carbonyl (C=O) groups excluding carboxylic acids is 1. The SMILES string of the molecule is CCN(C(=O)NC1CCCCC1)C(C)(CC)CN. The lowest BCUT2D eigenvalue weighted by Crippen LogP contribution is -2.58. The molecule has 106 valence electrons. The standard InChI is InChI=1S/C14H29N3O/c1-4-14(3,11-15)17(5-2)13(18)16-12-9-7-6-8-10-12/h12H,4-11,15H2,1-3H3,(H,16,18). The van der Waals surface area contributed by atoms with E-state index in [-0.39, 0.29) is 11.6 Å². The molecule has 0 radical (unpaired) electrons. The molecule has 1 saturated carbocycles. The van der Waals surface area contributed by atoms with Crippen molar-refractivity contribution in [2.45, 2.75) is 70.9 Å². The van der Waals surface area contributed by atoms with Crippen LogP contribution in [0.1, 0.15) is 59.3 Å². The number of nitrogens with zero attached hydrogens (tertiary/aromatic N) is 1. The van der Waals surface area contributed by atoms with Crippen molar-refractivity contribution >= 4 is 6.03 Å². The van der Waals surface area contributed by atoms with E-state index < -0.39 is 0 Å². The van der Waals surface area contributed by atoms with Crippen molar-refractivity contribution in [3.63, 3.8) is 0 Å². The van der Waals surface area contributed by atoms with Gasteiger partial charge in [0.15, 0.2) is 0 Å². The van der Waals surface area contributed by atoms with Gasteiger partial charge in [-0.1, -0.05) is 26.2 Å². The highest BCUT2D eigenvalue weighted by Gasteiger charge is 2.32. The Balaban J connectivity index is 2.60. The summed E-state index contributed by atoms with van der Waals surface area (Å²) in [6.07, 6.45) is 6.90. The first kappa shape index (κ1) is 15.3. The van der Waals surface area contributed by atoms with Crippen LogP contribution in [-0.4, -0.2) is 35.6 Å². The molecule has 1 fully saturated rings. The van der Waals surface area contributed by atoms with Gasteiger partial charge in [0, 0.05) is 19.1 Å². The molecule has 1 atom stereocenters. The monoisotopic (exact) mass is 255 g/mol. The van der Waals surface area contributed by atoms with Gasteiger partial charge in [-0.25, -0.2) is 4.79 Å². The van der Waals surface area contributed by atoms with E-state index in [1.165, 1.54) is 19.3 Å². The number of urea groups is 1. The number of nitrogens with two attached hydrogens (primary N) is 1. The summed E-state index contributed by atoms with van der Waals surface area (Å²) in [6.45, 7) is 7.39. The fourth-order valence-corrected chi connectivity index (χ4v) is 2.72. The van der Waals surface area contributed by atoms with Crippen molar-refractivity contribution < 1.29 is 4.79 Å². The van der Waals surface area contributed by atoms with E-state index in [0.717, 1.165) is 19.3 Å². The van der Waals surface area contributed by atoms with E-state index in [1.54, 1.807) is 0 Å². The number of rotatable bonds is 5. The van der Waals surface area contributed by atoms with Gasteiger partial charge in [0.05, 0.1) is 5.54 Å². The molecule has 18 heavy (non-hydrogen) atoms. The minimum atomic E-state index is -0.229. The van der Waals surface area contributed by atoms with Crippen molar-refractivity contribution in [2.24, 2.45) is 5.73 Å². The molecule has 2 amide bonds. The summed E-state index contributed by atoms with van der Waals surface area (Å²) in [7, 11) is 0. The van der Waals surface area contributed by atoms with E-state index in [9.17, 15) is 4.79 Å². The minimum Gasteiger partial charge on any atom is -0.335 e. The Labute approximate surface area is 111 Å². The van der Waals surface area contributed by atoms with Gasteiger partial charge >= 0.3 is 6.03 Å². The molecule has 3 N–H and O–H groups in total. The molecule has 0 spiro atoms. The molecule has 1 unspecified atom stereocenters. The van der Waals surface area contributed by atoms with E-state index in [4.69, 9.17) is 5.73 Å². The number of hydrogen-bond donors (Lipinski definition) is 2. The Morgan fingerprint density at radius 1 is 1.33 bits per heavy atom. The van der Waals surface area contributed by atoms with Crippen LogP contribution in [0.15, 0.2) is 0 Å². The molecule has 1 aliphatic carbocycles. The summed E-state index contributed by atoms with van der Waals surface area (Å²) >= 11 is 0. The summed E-state index contributed by atoms with van der Waals surface area (Å²) in [4.78, 5) is 14.3. The number of likely N-dealkylation sites (N-methyl/N-ethyl adjacent to an activating group) is 1. The lowest BCUT2D eigenvalue weighted by Gasteiger charge is -2.40. The molecule has 0 bridgehead atoms. The van der Waals surface area contributed by atoms with Gasteiger partial charge in [-0.2, -0.15) is 0 Å². The van der Waals surface area contributed by atoms with Crippen LogP contribution in [0, 0.1) is 0 Å². The average molecular weight is 255 g/mol. The molecule has 0 aromatic rings. The Kier molecular flexibility index (Phi) is 5.93. The third-order valence-electron chi connectivity index (χ3n) is 4.35. The van der Waals surface area contributed by atoms with E-state index >= 15 is 0 Å². The fraction of sp³-hybridized carbons (Fsp3) is 0.929. The zero-order chi connectivity index (χ0) is 13.6. The van der Waals surface area contributed by atoms with Crippen LogP contribution in [0.2, 0.25) is 0 Å². The maximum Gasteiger partial charge on any atom is 0.318 e. The highest BCUT2D eigenvalue weighted by molar-refractivity contribution is 5.75. The van der Waals surface area contributed by atoms with Gasteiger partial charge < -0.3 is 16.0 Å². The summed E-state index contributed by atoms with van der Waals surface area (Å²) in [6, 6.07) is 0.415. The topological polar surface area (TPSA) is 58.4 Å². The first-order chi connectivity index (χ1) is 8.57. The zero-order valence-electron chi connectivity index (χ0n) is 12.2. The van der Waals surface area contributed by atoms with Crippen LogP contribution in [0.5, 0.6) is 0 Å². The smallest absolute Gasteiger partial charge is 0.318 e. The Morgan fingerprint density at radius 3 is 2.39 bits per heavy atom. The van der Waals surface area contributed by atoms with Crippen molar-refractivity contribution in [3.8, 4) is 0 Å². The van der Waals surface area contributed by atoms with Gasteiger partial charge in [-0.3, -0.25) is 0 Å². The van der Waals surface area contributed by atoms with Gasteiger partial charge in [0.2, 0.25) is 0 Å². The molecule has 0 aliphatic heterocycles. The largest absolute Gasteiger partial charge is 0.335 e. The second-order valence-electron chi connectivity index (χ2n) is 5.58. The van der Waals surface area contributed by atoms with E-state index in [2.05, 4.69) is 19.2 Å². The van der Waals surface area contributed by atoms with Gasteiger partial charge in [-0.15, -0.1) is 0 Å². The molecule has 4 nitrogen and oxygen atoms in total. The maximum atomic E-state index is 12.4. The quantitative estimate of drug-likeness (QED) is 0.793. The van der Waals surface area contributed by atoms with Gasteiger partial charge in [0.25, 0.3) is 0 Å². The predicted octanol–water partition coefficient (Wildman–Crippen LogP) is 2.48. The molecule has 0 saturated heterocycles. The second kappa shape index (κ2) is 6.98. The highest BCUT2D eigenvalue weighted by atomic mass is 16.2. The Hall–Kier alpha value is -0.770. The van der Waals surface area contributed by atoms with E-state index in [0.29, 0.717) is 19.1 Å². The number of nitrogens with one attached hydrogen (secondary N) is 1. The first-order valence-electron chi connectivity index (χ1n) is 7.35. The molecule has 4 heteroatoms. The average Bonchev–Trinajstić information content (AvgIpc) is 2.40. The fourth-order valence-electron chi connectivity index (χ4n) is 2.72. The molecule has 1 aliphatic rings. The van der Waals surface area contributed by atoms with Crippen LogP contribution in [0.3, 0.4) is 0 Å². The third kappa shape index (κ3) is 3.61. The number of amides is 2. The normalized spacial score (nSPS) is 20.2. The lowest BCUT2D eigenvalue weighted by molar-refractivity contribution is 0.124. The zero-order valence-corrected chi connectivity index (χ0v) is 12.2. The molecule has 1 rings (SSSR count). The minimum absolute atomic E-state index is 0.0548. The van der Waals surface area contributed by atoms with Crippen molar-refractivity contribution in [2.75, 3.05) is 13.1 Å². The molecular weight excluding hydrogens is 226 g/mol. The predicted molar refractivity (Wildman–Crippen MR) is 75.5 cm³/mol. The van der Waals surface area contributed by atoms with Crippen LogP contribution in [-0.2, 0) is 0 Å². The van der Waals surface area contributed by atoms with Crippen molar-refractivity contribution in [1.29, 1.82) is 0 Å². The number of hydrogen-bond acceptors (Lipinski definition) is 2. The molecule has 0 aromatic heterocycles. The van der Waals surface area contributed by atoms with Crippen LogP contribution >= 0.6 is 0 Å². The summed E-state index contributed by atoms with van der Waals surface area (Å²) in [5.41, 5.74) is 5.61. The van der Waals surface area contributed by atoms with Crippen molar-refractivity contribution in [1.82, 2.24) is 10.2 Å². The van der Waals surface area contributed by atoms with E-state index in [1.807, 2.05) is 11.8 Å². The lowest BCUT2D eigenvalue weighted by atomic mass is 9.95. The van der Waals surface area contributed by atoms with Gasteiger partial charge in [-0.05, 0) is 33.1 Å². The van der Waals surface area contributed by atoms with Gasteiger partial charge in [0.1, 0.15) is 0 Å². The Bertz CT molecular complexity index is 258. The molecule has 0 aromatic carbocycles. The van der Waals surface area contributed by atoms with Crippen molar-refractivity contribution in [3.05, 3.63) is 0 Å². The first-order valence-corrected chi connectivity index (χ1v) is 7.35. The maximum absolute atomic E-state index is 12.4. The highest BCUT2D eigenvalue weighted by Crippen LogP contribution is 2.21. The second-order valence-corrected chi connectivity index (χ2v) is 5.58. The summed E-state index contributed by atoms with van der Waals surface area (Å²) in [5, 5.41) is 3.18. The Morgan fingerprint density at radius 2 is 1.94 bits per heavy atom. The molecule has 0 heterocycles. The third-order valence-corrected chi connectivity index (χ3v) is 4.35. The van der Waals surface area contributed by atoms with Crippen LogP contribution in [0.25, 0.3) is 0 Å².